The van der Waals surface area contributed by atoms with Gasteiger partial charge in [-0.1, -0.05) is 12.2 Å². The van der Waals surface area contributed by atoms with E-state index in [1.807, 2.05) is 0 Å². The number of aliphatic carboxylic acids is 1. The summed E-state index contributed by atoms with van der Waals surface area (Å²) in [4.78, 5) is 47.5. The third-order valence-corrected chi connectivity index (χ3v) is 4.18. The van der Waals surface area contributed by atoms with Crippen molar-refractivity contribution in [1.82, 2.24) is 0 Å². The van der Waals surface area contributed by atoms with Crippen molar-refractivity contribution in [3.05, 3.63) is 41.5 Å². The molecule has 0 spiro atoms. The van der Waals surface area contributed by atoms with Gasteiger partial charge >= 0.3 is 11.9 Å². The summed E-state index contributed by atoms with van der Waals surface area (Å²) in [5.74, 6) is -5.08. The highest BCUT2D eigenvalue weighted by molar-refractivity contribution is 6.04. The predicted molar refractivity (Wildman–Crippen MR) is 88.1 cm³/mol. The van der Waals surface area contributed by atoms with E-state index in [1.54, 1.807) is 12.2 Å². The lowest BCUT2D eigenvalue weighted by molar-refractivity contribution is -0.313. The number of nitrogens with one attached hydrogen (secondary N) is 1. The molecule has 0 heterocycles. The fraction of sp³-hybridized carbons (Fsp3) is 0.333. The number of anilines is 1. The number of amides is 1. The molecule has 0 radical (unpaired) electrons. The molecule has 0 aliphatic heterocycles. The maximum atomic E-state index is 12.6. The zero-order chi connectivity index (χ0) is 19.3. The number of carbonyl (C=O) groups excluding carboxylic acids is 4. The topological polar surface area (TPSA) is 122 Å². The van der Waals surface area contributed by atoms with E-state index in [0.717, 1.165) is 0 Å². The van der Waals surface area contributed by atoms with Gasteiger partial charge < -0.3 is 24.7 Å². The fourth-order valence-electron chi connectivity index (χ4n) is 2.77. The summed E-state index contributed by atoms with van der Waals surface area (Å²) in [5, 5.41) is 13.8. The molecule has 1 amide bonds. The number of ether oxygens (including phenoxy) is 2. The maximum Gasteiger partial charge on any atom is 0.339 e. The first kappa shape index (κ1) is 19.2. The minimum Gasteiger partial charge on any atom is -0.550 e. The van der Waals surface area contributed by atoms with Crippen molar-refractivity contribution >= 4 is 29.5 Å². The van der Waals surface area contributed by atoms with Crippen molar-refractivity contribution < 1.29 is 33.8 Å². The summed E-state index contributed by atoms with van der Waals surface area (Å²) < 4.78 is 9.29. The van der Waals surface area contributed by atoms with Gasteiger partial charge in [0.1, 0.15) is 0 Å². The van der Waals surface area contributed by atoms with Gasteiger partial charge in [0, 0.05) is 11.9 Å². The van der Waals surface area contributed by atoms with Crippen molar-refractivity contribution in [1.29, 1.82) is 0 Å². The van der Waals surface area contributed by atoms with Crippen molar-refractivity contribution in [2.75, 3.05) is 19.5 Å². The molecule has 0 aromatic heterocycles. The summed E-state index contributed by atoms with van der Waals surface area (Å²) in [6, 6.07) is 3.97. The zero-order valence-corrected chi connectivity index (χ0v) is 14.3. The van der Waals surface area contributed by atoms with Crippen LogP contribution in [0, 0.1) is 11.8 Å². The molecule has 138 valence electrons. The number of hydrogen-bond acceptors (Lipinski definition) is 7. The van der Waals surface area contributed by atoms with Crippen LogP contribution in [0.15, 0.2) is 30.4 Å². The van der Waals surface area contributed by atoms with E-state index in [-0.39, 0.29) is 29.7 Å². The number of allylic oxidation sites excluding steroid dienone is 2. The molecule has 0 saturated heterocycles. The summed E-state index contributed by atoms with van der Waals surface area (Å²) >= 11 is 0. The summed E-state index contributed by atoms with van der Waals surface area (Å²) in [5.41, 5.74) is 0.191. The Hall–Kier alpha value is -3.16. The molecule has 1 N–H and O–H groups in total. The Balaban J connectivity index is 2.34. The maximum absolute atomic E-state index is 12.6. The van der Waals surface area contributed by atoms with E-state index in [9.17, 15) is 24.3 Å². The van der Waals surface area contributed by atoms with Crippen molar-refractivity contribution in [3.8, 4) is 0 Å². The molecule has 2 atom stereocenters. The second kappa shape index (κ2) is 8.28. The van der Waals surface area contributed by atoms with E-state index >= 15 is 0 Å². The highest BCUT2D eigenvalue weighted by Gasteiger charge is 2.30. The second-order valence-corrected chi connectivity index (χ2v) is 5.71. The zero-order valence-electron chi connectivity index (χ0n) is 14.3. The van der Waals surface area contributed by atoms with Crippen molar-refractivity contribution in [3.63, 3.8) is 0 Å². The third kappa shape index (κ3) is 4.08. The molecule has 2 rings (SSSR count). The van der Waals surface area contributed by atoms with Gasteiger partial charge in [-0.05, 0) is 31.0 Å². The van der Waals surface area contributed by atoms with Crippen LogP contribution in [0.25, 0.3) is 0 Å². The van der Waals surface area contributed by atoms with E-state index in [4.69, 9.17) is 0 Å². The van der Waals surface area contributed by atoms with Crippen LogP contribution in [0.5, 0.6) is 0 Å². The van der Waals surface area contributed by atoms with Gasteiger partial charge in [-0.2, -0.15) is 0 Å². The summed E-state index contributed by atoms with van der Waals surface area (Å²) in [6.07, 6.45) is 3.82. The van der Waals surface area contributed by atoms with E-state index in [0.29, 0.717) is 0 Å². The highest BCUT2D eigenvalue weighted by Crippen LogP contribution is 2.28. The minimum atomic E-state index is -1.31. The van der Waals surface area contributed by atoms with Gasteiger partial charge in [-0.3, -0.25) is 4.79 Å². The van der Waals surface area contributed by atoms with Crippen LogP contribution in [0.3, 0.4) is 0 Å². The number of esters is 2. The first-order valence-electron chi connectivity index (χ1n) is 7.86. The average Bonchev–Trinajstić information content (AvgIpc) is 2.66. The van der Waals surface area contributed by atoms with Crippen molar-refractivity contribution in [2.24, 2.45) is 11.8 Å². The van der Waals surface area contributed by atoms with Crippen molar-refractivity contribution in [2.45, 2.75) is 12.8 Å². The van der Waals surface area contributed by atoms with Gasteiger partial charge in [0.05, 0.1) is 37.0 Å². The molecular weight excluding hydrogens is 342 g/mol. The molecule has 0 bridgehead atoms. The van der Waals surface area contributed by atoms with E-state index in [1.165, 1.54) is 32.4 Å². The number of methoxy groups -OCH3 is 2. The Kier molecular flexibility index (Phi) is 6.11. The molecule has 1 aliphatic carbocycles. The van der Waals surface area contributed by atoms with E-state index in [2.05, 4.69) is 14.8 Å². The van der Waals surface area contributed by atoms with Gasteiger partial charge in [-0.15, -0.1) is 0 Å². The Bertz CT molecular complexity index is 769. The molecule has 1 aromatic rings. The SMILES string of the molecule is COC(=O)c1ccc(C(=O)OC)c(NC(=O)[C@@H]2CC=CC[C@H]2C(=O)[O-])c1. The Morgan fingerprint density at radius 2 is 1.62 bits per heavy atom. The smallest absolute Gasteiger partial charge is 0.339 e. The number of hydrogen-bond donors (Lipinski definition) is 1. The van der Waals surface area contributed by atoms with Crippen LogP contribution in [-0.2, 0) is 19.1 Å². The Labute approximate surface area is 149 Å². The van der Waals surface area contributed by atoms with Crippen LogP contribution in [0.4, 0.5) is 5.69 Å². The monoisotopic (exact) mass is 360 g/mol. The molecule has 26 heavy (non-hydrogen) atoms. The standard InChI is InChI=1S/C18H19NO7/c1-25-17(23)10-7-8-13(18(24)26-2)14(9-10)19-15(20)11-5-3-4-6-12(11)16(21)22/h3-4,7-9,11-12H,5-6H2,1-2H3,(H,19,20)(H,21,22)/p-1/t11-,12-/m1/s1. The first-order chi connectivity index (χ1) is 12.4. The molecule has 1 aliphatic rings. The molecule has 0 fully saturated rings. The molecule has 8 nitrogen and oxygen atoms in total. The van der Waals surface area contributed by atoms with Gasteiger partial charge in [0.15, 0.2) is 0 Å². The second-order valence-electron chi connectivity index (χ2n) is 5.71. The first-order valence-corrected chi connectivity index (χ1v) is 7.86. The lowest BCUT2D eigenvalue weighted by Crippen LogP contribution is -2.41. The van der Waals surface area contributed by atoms with Crippen LogP contribution < -0.4 is 10.4 Å². The van der Waals surface area contributed by atoms with Gasteiger partial charge in [0.25, 0.3) is 0 Å². The molecular formula is C18H18NO7-. The lowest BCUT2D eigenvalue weighted by Gasteiger charge is -2.28. The van der Waals surface area contributed by atoms with Crippen LogP contribution in [-0.4, -0.2) is 38.0 Å². The Morgan fingerprint density at radius 1 is 1.00 bits per heavy atom. The Morgan fingerprint density at radius 3 is 2.19 bits per heavy atom. The highest BCUT2D eigenvalue weighted by atomic mass is 16.5. The number of carboxylic acids is 1. The normalized spacial score (nSPS) is 18.7. The third-order valence-electron chi connectivity index (χ3n) is 4.18. The number of benzene rings is 1. The molecule has 8 heteroatoms. The quantitative estimate of drug-likeness (QED) is 0.600. The summed E-state index contributed by atoms with van der Waals surface area (Å²) in [6.45, 7) is 0. The predicted octanol–water partition coefficient (Wildman–Crippen LogP) is 0.531. The van der Waals surface area contributed by atoms with Crippen LogP contribution in [0.2, 0.25) is 0 Å². The van der Waals surface area contributed by atoms with Gasteiger partial charge in [-0.25, -0.2) is 9.59 Å². The number of carboxylic acid groups (broad SMARTS) is 1. The average molecular weight is 360 g/mol. The summed E-state index contributed by atoms with van der Waals surface area (Å²) in [7, 11) is 2.38. The number of carbonyl (C=O) groups is 4. The van der Waals surface area contributed by atoms with E-state index < -0.39 is 35.7 Å². The minimum absolute atomic E-state index is 0.0323. The molecule has 1 aromatic carbocycles. The fourth-order valence-corrected chi connectivity index (χ4v) is 2.77. The molecule has 0 unspecified atom stereocenters. The van der Waals surface area contributed by atoms with Gasteiger partial charge in [0.2, 0.25) is 5.91 Å². The van der Waals surface area contributed by atoms with Crippen LogP contribution in [0.1, 0.15) is 33.6 Å². The molecule has 0 saturated carbocycles. The lowest BCUT2D eigenvalue weighted by atomic mass is 9.82. The number of rotatable bonds is 5. The van der Waals surface area contributed by atoms with Crippen LogP contribution >= 0.6 is 0 Å². The largest absolute Gasteiger partial charge is 0.550 e.